The van der Waals surface area contributed by atoms with E-state index < -0.39 is 22.8 Å². The van der Waals surface area contributed by atoms with Crippen LogP contribution in [0.5, 0.6) is 0 Å². The first-order valence-corrected chi connectivity index (χ1v) is 7.02. The van der Waals surface area contributed by atoms with E-state index in [1.54, 1.807) is 6.08 Å². The Labute approximate surface area is 119 Å². The van der Waals surface area contributed by atoms with E-state index in [0.29, 0.717) is 6.42 Å². The molecule has 112 valence electrons. The summed E-state index contributed by atoms with van der Waals surface area (Å²) in [7, 11) is 0. The number of carbonyl (C=O) groups is 2. The molecule has 1 fully saturated rings. The van der Waals surface area contributed by atoms with Crippen LogP contribution >= 0.6 is 0 Å². The normalized spacial score (nSPS) is 36.3. The Kier molecular flexibility index (Phi) is 2.76. The summed E-state index contributed by atoms with van der Waals surface area (Å²) in [6.07, 6.45) is 2.11. The van der Waals surface area contributed by atoms with E-state index >= 15 is 0 Å². The average Bonchev–Trinajstić information content (AvgIpc) is 3.07. The molecule has 2 aliphatic carbocycles. The van der Waals surface area contributed by atoms with Gasteiger partial charge in [0.15, 0.2) is 0 Å². The first-order chi connectivity index (χ1) is 8.82. The quantitative estimate of drug-likeness (QED) is 0.779. The second kappa shape index (κ2) is 3.66. The highest BCUT2D eigenvalue weighted by Gasteiger charge is 2.81. The van der Waals surface area contributed by atoms with Gasteiger partial charge in [-0.25, -0.2) is 0 Å². The molecule has 2 rings (SSSR count). The Bertz CT molecular complexity index is 504. The number of rotatable bonds is 3. The molecule has 20 heavy (non-hydrogen) atoms. The molecule has 1 saturated carbocycles. The maximum Gasteiger partial charge on any atom is 0.318 e. The van der Waals surface area contributed by atoms with E-state index in [1.807, 2.05) is 41.5 Å². The fraction of sp³-hybridized carbons (Fsp3) is 0.750. The molecule has 0 heterocycles. The molecule has 0 radical (unpaired) electrons. The monoisotopic (exact) mass is 280 g/mol. The van der Waals surface area contributed by atoms with Crippen LogP contribution in [0.4, 0.5) is 0 Å². The van der Waals surface area contributed by atoms with E-state index in [-0.39, 0.29) is 16.7 Å². The molecule has 0 bridgehead atoms. The molecular formula is C16H24O4. The molecule has 0 aromatic heterocycles. The van der Waals surface area contributed by atoms with E-state index in [1.165, 1.54) is 0 Å². The minimum Gasteiger partial charge on any atom is -0.481 e. The van der Waals surface area contributed by atoms with Crippen molar-refractivity contribution in [1.82, 2.24) is 0 Å². The van der Waals surface area contributed by atoms with Crippen molar-refractivity contribution in [2.24, 2.45) is 27.6 Å². The predicted octanol–water partition coefficient (Wildman–Crippen LogP) is 3.18. The van der Waals surface area contributed by atoms with Crippen LogP contribution in [0, 0.1) is 27.6 Å². The van der Waals surface area contributed by atoms with Gasteiger partial charge in [-0.15, -0.1) is 0 Å². The lowest BCUT2D eigenvalue weighted by Gasteiger charge is -2.31. The Hall–Kier alpha value is -1.32. The summed E-state index contributed by atoms with van der Waals surface area (Å²) in [4.78, 5) is 23.8. The van der Waals surface area contributed by atoms with Crippen LogP contribution in [0.1, 0.15) is 48.0 Å². The van der Waals surface area contributed by atoms with E-state index in [9.17, 15) is 19.8 Å². The van der Waals surface area contributed by atoms with Gasteiger partial charge in [0.2, 0.25) is 0 Å². The minimum atomic E-state index is -1.28. The molecule has 2 aliphatic rings. The SMILES string of the molecule is CC(C)(C)C1=C[C@@]1(C(=O)O)[C@@]1(C(=O)O)C[C@@H]1C(C)(C)C. The summed E-state index contributed by atoms with van der Waals surface area (Å²) in [5, 5.41) is 19.5. The van der Waals surface area contributed by atoms with Crippen LogP contribution in [0.3, 0.4) is 0 Å². The van der Waals surface area contributed by atoms with E-state index in [4.69, 9.17) is 0 Å². The fourth-order valence-electron chi connectivity index (χ4n) is 3.87. The molecule has 0 saturated heterocycles. The van der Waals surface area contributed by atoms with E-state index in [2.05, 4.69) is 0 Å². The number of aliphatic carboxylic acids is 2. The Balaban J connectivity index is 2.47. The summed E-state index contributed by atoms with van der Waals surface area (Å²) >= 11 is 0. The Morgan fingerprint density at radius 3 is 1.80 bits per heavy atom. The van der Waals surface area contributed by atoms with Crippen molar-refractivity contribution >= 4 is 11.9 Å². The van der Waals surface area contributed by atoms with Gasteiger partial charge >= 0.3 is 11.9 Å². The number of carboxylic acids is 2. The van der Waals surface area contributed by atoms with Crippen LogP contribution < -0.4 is 0 Å². The largest absolute Gasteiger partial charge is 0.481 e. The molecule has 4 nitrogen and oxygen atoms in total. The zero-order valence-corrected chi connectivity index (χ0v) is 13.1. The van der Waals surface area contributed by atoms with Crippen molar-refractivity contribution in [1.29, 1.82) is 0 Å². The number of hydrogen-bond acceptors (Lipinski definition) is 2. The maximum absolute atomic E-state index is 11.9. The summed E-state index contributed by atoms with van der Waals surface area (Å²) in [6.45, 7) is 11.8. The third-order valence-electron chi connectivity index (χ3n) is 4.94. The fourth-order valence-corrected chi connectivity index (χ4v) is 3.87. The highest BCUT2D eigenvalue weighted by molar-refractivity contribution is 5.98. The second-order valence-electron chi connectivity index (χ2n) is 8.32. The van der Waals surface area contributed by atoms with E-state index in [0.717, 1.165) is 5.57 Å². The zero-order valence-electron chi connectivity index (χ0n) is 13.1. The standard InChI is InChI=1S/C16H24O4/c1-13(2,3)9-7-15(9,11(17)18)16(12(19)20)8-10(16)14(4,5)6/h7,10H,8H2,1-6H3,(H,17,18)(H,19,20)/t10-,15-,16+/m1/s1. The first kappa shape index (κ1) is 15.1. The van der Waals surface area contributed by atoms with Gasteiger partial charge in [0.1, 0.15) is 5.41 Å². The van der Waals surface area contributed by atoms with Gasteiger partial charge in [-0.3, -0.25) is 9.59 Å². The zero-order chi connectivity index (χ0) is 15.7. The van der Waals surface area contributed by atoms with Crippen molar-refractivity contribution in [3.8, 4) is 0 Å². The van der Waals surface area contributed by atoms with Crippen molar-refractivity contribution in [2.45, 2.75) is 48.0 Å². The third kappa shape index (κ3) is 1.66. The van der Waals surface area contributed by atoms with Crippen molar-refractivity contribution in [3.05, 3.63) is 11.6 Å². The molecule has 0 aromatic carbocycles. The van der Waals surface area contributed by atoms with Gasteiger partial charge in [0, 0.05) is 0 Å². The third-order valence-corrected chi connectivity index (χ3v) is 4.94. The summed E-state index contributed by atoms with van der Waals surface area (Å²) in [5.74, 6) is -2.10. The van der Waals surface area contributed by atoms with Gasteiger partial charge in [-0.1, -0.05) is 47.6 Å². The maximum atomic E-state index is 11.9. The number of hydrogen-bond donors (Lipinski definition) is 2. The second-order valence-corrected chi connectivity index (χ2v) is 8.32. The lowest BCUT2D eigenvalue weighted by Crippen LogP contribution is -2.41. The molecule has 3 atom stereocenters. The summed E-state index contributed by atoms with van der Waals surface area (Å²) in [5.41, 5.74) is -2.22. The van der Waals surface area contributed by atoms with Crippen LogP contribution in [0.2, 0.25) is 0 Å². The summed E-state index contributed by atoms with van der Waals surface area (Å²) < 4.78 is 0. The van der Waals surface area contributed by atoms with Gasteiger partial charge in [-0.05, 0) is 28.7 Å². The Morgan fingerprint density at radius 1 is 1.10 bits per heavy atom. The molecule has 0 spiro atoms. The molecule has 2 N–H and O–H groups in total. The van der Waals surface area contributed by atoms with Crippen molar-refractivity contribution in [3.63, 3.8) is 0 Å². The molecule has 0 amide bonds. The van der Waals surface area contributed by atoms with Crippen molar-refractivity contribution < 1.29 is 19.8 Å². The lowest BCUT2D eigenvalue weighted by atomic mass is 9.70. The van der Waals surface area contributed by atoms with Crippen LogP contribution in [-0.4, -0.2) is 22.2 Å². The molecule has 0 unspecified atom stereocenters. The molecule has 0 aliphatic heterocycles. The van der Waals surface area contributed by atoms with Gasteiger partial charge < -0.3 is 10.2 Å². The van der Waals surface area contributed by atoms with Gasteiger partial charge in [0.05, 0.1) is 5.41 Å². The van der Waals surface area contributed by atoms with Crippen LogP contribution in [-0.2, 0) is 9.59 Å². The number of carboxylic acid groups (broad SMARTS) is 2. The highest BCUT2D eigenvalue weighted by Crippen LogP contribution is 2.78. The lowest BCUT2D eigenvalue weighted by molar-refractivity contribution is -0.158. The Morgan fingerprint density at radius 2 is 1.60 bits per heavy atom. The highest BCUT2D eigenvalue weighted by atomic mass is 16.4. The van der Waals surface area contributed by atoms with Crippen LogP contribution in [0.15, 0.2) is 11.6 Å². The van der Waals surface area contributed by atoms with Crippen molar-refractivity contribution in [2.75, 3.05) is 0 Å². The topological polar surface area (TPSA) is 74.6 Å². The minimum absolute atomic E-state index is 0.111. The molecular weight excluding hydrogens is 256 g/mol. The van der Waals surface area contributed by atoms with Gasteiger partial charge in [0.25, 0.3) is 0 Å². The van der Waals surface area contributed by atoms with Gasteiger partial charge in [-0.2, -0.15) is 0 Å². The molecule has 4 heteroatoms. The first-order valence-electron chi connectivity index (χ1n) is 7.02. The molecule has 0 aromatic rings. The smallest absolute Gasteiger partial charge is 0.318 e. The average molecular weight is 280 g/mol. The summed E-state index contributed by atoms with van der Waals surface area (Å²) in [6, 6.07) is 0. The van der Waals surface area contributed by atoms with Crippen LogP contribution in [0.25, 0.3) is 0 Å². The predicted molar refractivity (Wildman–Crippen MR) is 75.2 cm³/mol.